The van der Waals surface area contributed by atoms with E-state index < -0.39 is 18.3 Å². The van der Waals surface area contributed by atoms with Crippen LogP contribution >= 0.6 is 0 Å². The van der Waals surface area contributed by atoms with Gasteiger partial charge in [-0.1, -0.05) is 12.1 Å². The Morgan fingerprint density at radius 1 is 1.21 bits per heavy atom. The lowest BCUT2D eigenvalue weighted by molar-refractivity contribution is -0.143. The van der Waals surface area contributed by atoms with E-state index >= 15 is 0 Å². The van der Waals surface area contributed by atoms with E-state index in [1.807, 2.05) is 0 Å². The van der Waals surface area contributed by atoms with E-state index in [2.05, 4.69) is 5.10 Å². The molecule has 0 bridgehead atoms. The number of phenolic OH excluding ortho intramolecular Hbond substituents is 1. The van der Waals surface area contributed by atoms with Gasteiger partial charge in [0.1, 0.15) is 12.3 Å². The summed E-state index contributed by atoms with van der Waals surface area (Å²) in [6.07, 6.45) is -4.52. The summed E-state index contributed by atoms with van der Waals surface area (Å²) in [7, 11) is 0. The van der Waals surface area contributed by atoms with E-state index in [0.29, 0.717) is 10.2 Å². The molecule has 4 nitrogen and oxygen atoms in total. The third kappa shape index (κ3) is 3.34. The predicted molar refractivity (Wildman–Crippen MR) is 61.7 cm³/mol. The van der Waals surface area contributed by atoms with Gasteiger partial charge in [0.05, 0.1) is 5.69 Å². The fourth-order valence-corrected chi connectivity index (χ4v) is 1.55. The Morgan fingerprint density at radius 2 is 1.95 bits per heavy atom. The topological polar surface area (TPSA) is 55.1 Å². The van der Waals surface area contributed by atoms with E-state index in [1.165, 1.54) is 24.3 Å². The van der Waals surface area contributed by atoms with Crippen LogP contribution < -0.4 is 5.56 Å². The Bertz CT molecular complexity index is 650. The fraction of sp³-hybridized carbons (Fsp3) is 0.167. The first-order valence-electron chi connectivity index (χ1n) is 5.29. The highest BCUT2D eigenvalue weighted by Gasteiger charge is 2.29. The van der Waals surface area contributed by atoms with Crippen LogP contribution in [0.15, 0.2) is 41.2 Å². The highest BCUT2D eigenvalue weighted by molar-refractivity contribution is 5.60. The summed E-state index contributed by atoms with van der Waals surface area (Å²) in [5.74, 6) is -0.0344. The van der Waals surface area contributed by atoms with Gasteiger partial charge in [-0.3, -0.25) is 4.79 Å². The first-order valence-corrected chi connectivity index (χ1v) is 5.29. The van der Waals surface area contributed by atoms with Crippen LogP contribution in [0, 0.1) is 0 Å². The summed E-state index contributed by atoms with van der Waals surface area (Å²) in [5.41, 5.74) is -0.225. The second kappa shape index (κ2) is 4.75. The Hall–Kier alpha value is -2.31. The van der Waals surface area contributed by atoms with Crippen LogP contribution in [-0.4, -0.2) is 21.1 Å². The maximum absolute atomic E-state index is 12.3. The first-order chi connectivity index (χ1) is 8.85. The summed E-state index contributed by atoms with van der Waals surface area (Å²) < 4.78 is 37.2. The molecule has 0 spiro atoms. The lowest BCUT2D eigenvalue weighted by Crippen LogP contribution is -2.29. The molecule has 0 aliphatic heterocycles. The average Bonchev–Trinajstić information content (AvgIpc) is 2.30. The minimum atomic E-state index is -4.52. The van der Waals surface area contributed by atoms with E-state index in [1.54, 1.807) is 6.07 Å². The zero-order chi connectivity index (χ0) is 14.0. The van der Waals surface area contributed by atoms with Crippen molar-refractivity contribution in [3.8, 4) is 17.0 Å². The highest BCUT2D eigenvalue weighted by Crippen LogP contribution is 2.21. The number of aromatic hydroxyl groups is 1. The Labute approximate surface area is 105 Å². The number of benzene rings is 1. The molecule has 1 heterocycles. The summed E-state index contributed by atoms with van der Waals surface area (Å²) >= 11 is 0. The largest absolute Gasteiger partial charge is 0.508 e. The SMILES string of the molecule is O=c1ccc(-c2cccc(O)c2)nn1CC(F)(F)F. The van der Waals surface area contributed by atoms with Crippen molar-refractivity contribution in [2.75, 3.05) is 0 Å². The van der Waals surface area contributed by atoms with Crippen molar-refractivity contribution in [3.05, 3.63) is 46.8 Å². The molecule has 0 radical (unpaired) electrons. The number of rotatable bonds is 2. The maximum Gasteiger partial charge on any atom is 0.408 e. The lowest BCUT2D eigenvalue weighted by Gasteiger charge is -2.09. The summed E-state index contributed by atoms with van der Waals surface area (Å²) in [6, 6.07) is 8.21. The van der Waals surface area contributed by atoms with Gasteiger partial charge in [0.15, 0.2) is 0 Å². The first kappa shape index (κ1) is 13.1. The smallest absolute Gasteiger partial charge is 0.408 e. The molecule has 2 aromatic rings. The van der Waals surface area contributed by atoms with Crippen LogP contribution in [0.1, 0.15) is 0 Å². The van der Waals surface area contributed by atoms with Gasteiger partial charge in [-0.2, -0.15) is 18.3 Å². The molecule has 1 aromatic carbocycles. The molecule has 1 aromatic heterocycles. The molecule has 0 atom stereocenters. The third-order valence-corrected chi connectivity index (χ3v) is 2.34. The van der Waals surface area contributed by atoms with E-state index in [4.69, 9.17) is 0 Å². The predicted octanol–water partition coefficient (Wildman–Crippen LogP) is 2.18. The second-order valence-corrected chi connectivity index (χ2v) is 3.88. The van der Waals surface area contributed by atoms with Crippen LogP contribution in [0.2, 0.25) is 0 Å². The van der Waals surface area contributed by atoms with Gasteiger partial charge in [-0.05, 0) is 18.2 Å². The van der Waals surface area contributed by atoms with Gasteiger partial charge in [-0.25, -0.2) is 4.68 Å². The molecule has 0 amide bonds. The molecule has 7 heteroatoms. The molecule has 0 saturated heterocycles. The average molecular weight is 270 g/mol. The van der Waals surface area contributed by atoms with Crippen LogP contribution in [-0.2, 0) is 6.54 Å². The monoisotopic (exact) mass is 270 g/mol. The van der Waals surface area contributed by atoms with Crippen molar-refractivity contribution in [1.82, 2.24) is 9.78 Å². The number of nitrogens with zero attached hydrogens (tertiary/aromatic N) is 2. The molecule has 0 unspecified atom stereocenters. The van der Waals surface area contributed by atoms with Crippen LogP contribution in [0.4, 0.5) is 13.2 Å². The van der Waals surface area contributed by atoms with Crippen molar-refractivity contribution >= 4 is 0 Å². The van der Waals surface area contributed by atoms with Gasteiger partial charge in [0.2, 0.25) is 0 Å². The van der Waals surface area contributed by atoms with Gasteiger partial charge >= 0.3 is 6.18 Å². The summed E-state index contributed by atoms with van der Waals surface area (Å²) in [6.45, 7) is -1.45. The van der Waals surface area contributed by atoms with Crippen LogP contribution in [0.25, 0.3) is 11.3 Å². The van der Waals surface area contributed by atoms with Gasteiger partial charge < -0.3 is 5.11 Å². The molecule has 100 valence electrons. The Kier molecular flexibility index (Phi) is 3.28. The van der Waals surface area contributed by atoms with Crippen molar-refractivity contribution in [2.24, 2.45) is 0 Å². The minimum Gasteiger partial charge on any atom is -0.508 e. The van der Waals surface area contributed by atoms with Gasteiger partial charge in [0, 0.05) is 11.6 Å². The normalized spacial score (nSPS) is 11.5. The molecule has 0 saturated carbocycles. The third-order valence-electron chi connectivity index (χ3n) is 2.34. The fourth-order valence-electron chi connectivity index (χ4n) is 1.55. The second-order valence-electron chi connectivity index (χ2n) is 3.88. The lowest BCUT2D eigenvalue weighted by atomic mass is 10.1. The number of halogens is 3. The molecular formula is C12H9F3N2O2. The summed E-state index contributed by atoms with van der Waals surface area (Å²) in [4.78, 5) is 11.3. The van der Waals surface area contributed by atoms with Crippen LogP contribution in [0.3, 0.4) is 0 Å². The summed E-state index contributed by atoms with van der Waals surface area (Å²) in [5, 5.41) is 13.0. The maximum atomic E-state index is 12.3. The van der Waals surface area contributed by atoms with Crippen molar-refractivity contribution in [1.29, 1.82) is 0 Å². The molecule has 0 aliphatic carbocycles. The number of alkyl halides is 3. The van der Waals surface area contributed by atoms with E-state index in [9.17, 15) is 23.1 Å². The molecule has 0 aliphatic rings. The molecular weight excluding hydrogens is 261 g/mol. The number of hydrogen-bond acceptors (Lipinski definition) is 3. The van der Waals surface area contributed by atoms with Crippen molar-refractivity contribution in [2.45, 2.75) is 12.7 Å². The number of phenols is 1. The van der Waals surface area contributed by atoms with Crippen LogP contribution in [0.5, 0.6) is 5.75 Å². The Morgan fingerprint density at radius 3 is 2.58 bits per heavy atom. The number of aromatic nitrogens is 2. The quantitative estimate of drug-likeness (QED) is 0.910. The molecule has 19 heavy (non-hydrogen) atoms. The van der Waals surface area contributed by atoms with Gasteiger partial charge in [-0.15, -0.1) is 0 Å². The standard InChI is InChI=1S/C12H9F3N2O2/c13-12(14,15)7-17-11(19)5-4-10(16-17)8-2-1-3-9(18)6-8/h1-6,18H,7H2. The van der Waals surface area contributed by atoms with Crippen molar-refractivity contribution < 1.29 is 18.3 Å². The van der Waals surface area contributed by atoms with E-state index in [0.717, 1.165) is 6.07 Å². The van der Waals surface area contributed by atoms with E-state index in [-0.39, 0.29) is 11.4 Å². The number of hydrogen-bond donors (Lipinski definition) is 1. The molecule has 0 fully saturated rings. The Balaban J connectivity index is 2.44. The van der Waals surface area contributed by atoms with Gasteiger partial charge in [0.25, 0.3) is 5.56 Å². The zero-order valence-corrected chi connectivity index (χ0v) is 9.55. The molecule has 1 N–H and O–H groups in total. The highest BCUT2D eigenvalue weighted by atomic mass is 19.4. The minimum absolute atomic E-state index is 0.0344. The zero-order valence-electron chi connectivity index (χ0n) is 9.55. The molecule has 2 rings (SSSR count). The van der Waals surface area contributed by atoms with Crippen molar-refractivity contribution in [3.63, 3.8) is 0 Å².